The fraction of sp³-hybridized carbons (Fsp3) is 0. The predicted molar refractivity (Wildman–Crippen MR) is 72.3 cm³/mol. The second kappa shape index (κ2) is 4.84. The van der Waals surface area contributed by atoms with E-state index < -0.39 is 5.91 Å². The molecule has 2 aromatic heterocycles. The van der Waals surface area contributed by atoms with Gasteiger partial charge in [-0.1, -0.05) is 12.1 Å². The van der Waals surface area contributed by atoms with Gasteiger partial charge in [-0.3, -0.25) is 9.89 Å². The first-order valence-corrected chi connectivity index (χ1v) is 5.80. The predicted octanol–water partition coefficient (Wildman–Crippen LogP) is 0.825. The summed E-state index contributed by atoms with van der Waals surface area (Å²) in [5, 5.41) is 8.83. The SMILES string of the molecule is Nc1n[nH]c(C(=O)Nc2ccccc2-n2ccnc2)n1. The second-order valence-electron chi connectivity index (χ2n) is 3.98. The molecule has 100 valence electrons. The minimum Gasteiger partial charge on any atom is -0.366 e. The smallest absolute Gasteiger partial charge is 0.293 e. The number of carbonyl (C=O) groups excluding carboxylic acids is 1. The van der Waals surface area contributed by atoms with Gasteiger partial charge >= 0.3 is 0 Å². The molecule has 3 aromatic rings. The van der Waals surface area contributed by atoms with Gasteiger partial charge in [0.25, 0.3) is 5.91 Å². The van der Waals surface area contributed by atoms with Crippen molar-refractivity contribution in [1.82, 2.24) is 24.7 Å². The van der Waals surface area contributed by atoms with Gasteiger partial charge in [0.15, 0.2) is 0 Å². The maximum Gasteiger partial charge on any atom is 0.293 e. The summed E-state index contributed by atoms with van der Waals surface area (Å²) >= 11 is 0. The van der Waals surface area contributed by atoms with Crippen LogP contribution in [0.4, 0.5) is 11.6 Å². The van der Waals surface area contributed by atoms with Crippen molar-refractivity contribution < 1.29 is 4.79 Å². The molecule has 0 saturated carbocycles. The van der Waals surface area contributed by atoms with E-state index in [4.69, 9.17) is 5.73 Å². The van der Waals surface area contributed by atoms with Crippen molar-refractivity contribution in [3.63, 3.8) is 0 Å². The number of aromatic nitrogens is 5. The van der Waals surface area contributed by atoms with Gasteiger partial charge in [0, 0.05) is 12.4 Å². The Morgan fingerprint density at radius 2 is 2.20 bits per heavy atom. The average molecular weight is 269 g/mol. The van der Waals surface area contributed by atoms with Crippen molar-refractivity contribution in [2.45, 2.75) is 0 Å². The number of nitrogens with two attached hydrogens (primary N) is 1. The molecule has 0 aliphatic carbocycles. The molecule has 0 aliphatic rings. The number of para-hydroxylation sites is 2. The monoisotopic (exact) mass is 269 g/mol. The van der Waals surface area contributed by atoms with Crippen LogP contribution in [0.5, 0.6) is 0 Å². The Balaban J connectivity index is 1.90. The maximum atomic E-state index is 12.0. The fourth-order valence-electron chi connectivity index (χ4n) is 1.76. The summed E-state index contributed by atoms with van der Waals surface area (Å²) in [6.07, 6.45) is 5.10. The molecule has 0 bridgehead atoms. The Morgan fingerprint density at radius 3 is 2.90 bits per heavy atom. The summed E-state index contributed by atoms with van der Waals surface area (Å²) in [4.78, 5) is 19.8. The molecule has 20 heavy (non-hydrogen) atoms. The van der Waals surface area contributed by atoms with E-state index in [-0.39, 0.29) is 11.8 Å². The highest BCUT2D eigenvalue weighted by atomic mass is 16.2. The molecule has 0 unspecified atom stereocenters. The van der Waals surface area contributed by atoms with Crippen molar-refractivity contribution in [1.29, 1.82) is 0 Å². The number of nitrogens with one attached hydrogen (secondary N) is 2. The van der Waals surface area contributed by atoms with E-state index in [9.17, 15) is 4.79 Å². The molecule has 2 heterocycles. The van der Waals surface area contributed by atoms with Gasteiger partial charge in [0.05, 0.1) is 17.7 Å². The summed E-state index contributed by atoms with van der Waals surface area (Å²) in [6, 6.07) is 7.35. The molecule has 8 heteroatoms. The Labute approximate surface area is 113 Å². The highest BCUT2D eigenvalue weighted by molar-refractivity contribution is 6.02. The molecule has 4 N–H and O–H groups in total. The zero-order chi connectivity index (χ0) is 13.9. The van der Waals surface area contributed by atoms with Gasteiger partial charge in [-0.05, 0) is 12.1 Å². The first-order chi connectivity index (χ1) is 9.74. The number of nitrogen functional groups attached to an aromatic ring is 1. The van der Waals surface area contributed by atoms with Gasteiger partial charge in [0.1, 0.15) is 0 Å². The van der Waals surface area contributed by atoms with Gasteiger partial charge in [-0.15, -0.1) is 5.10 Å². The molecule has 0 atom stereocenters. The number of hydrogen-bond acceptors (Lipinski definition) is 5. The number of benzene rings is 1. The summed E-state index contributed by atoms with van der Waals surface area (Å²) < 4.78 is 1.80. The minimum atomic E-state index is -0.415. The lowest BCUT2D eigenvalue weighted by atomic mass is 10.2. The Morgan fingerprint density at radius 1 is 1.35 bits per heavy atom. The van der Waals surface area contributed by atoms with E-state index in [0.717, 1.165) is 5.69 Å². The van der Waals surface area contributed by atoms with Crippen LogP contribution in [0.2, 0.25) is 0 Å². The third-order valence-corrected chi connectivity index (χ3v) is 2.65. The van der Waals surface area contributed by atoms with Crippen LogP contribution in [-0.2, 0) is 0 Å². The molecule has 1 aromatic carbocycles. The van der Waals surface area contributed by atoms with Crippen molar-refractivity contribution in [2.24, 2.45) is 0 Å². The number of rotatable bonds is 3. The van der Waals surface area contributed by atoms with Gasteiger partial charge < -0.3 is 15.6 Å². The number of nitrogens with zero attached hydrogens (tertiary/aromatic N) is 4. The highest BCUT2D eigenvalue weighted by Crippen LogP contribution is 2.19. The number of imidazole rings is 1. The maximum absolute atomic E-state index is 12.0. The van der Waals surface area contributed by atoms with Crippen LogP contribution in [0.3, 0.4) is 0 Å². The van der Waals surface area contributed by atoms with Crippen LogP contribution in [-0.4, -0.2) is 30.6 Å². The average Bonchev–Trinajstić information content (AvgIpc) is 3.10. The van der Waals surface area contributed by atoms with Crippen LogP contribution in [0, 0.1) is 0 Å². The fourth-order valence-corrected chi connectivity index (χ4v) is 1.76. The normalized spacial score (nSPS) is 10.4. The molecule has 0 radical (unpaired) electrons. The quantitative estimate of drug-likeness (QED) is 0.651. The Bertz CT molecular complexity index is 732. The van der Waals surface area contributed by atoms with Crippen LogP contribution >= 0.6 is 0 Å². The van der Waals surface area contributed by atoms with Crippen molar-refractivity contribution in [3.05, 3.63) is 48.8 Å². The molecule has 0 aliphatic heterocycles. The second-order valence-corrected chi connectivity index (χ2v) is 3.98. The zero-order valence-electron chi connectivity index (χ0n) is 10.3. The van der Waals surface area contributed by atoms with Crippen LogP contribution in [0.15, 0.2) is 43.0 Å². The van der Waals surface area contributed by atoms with E-state index in [1.54, 1.807) is 29.4 Å². The van der Waals surface area contributed by atoms with Gasteiger partial charge in [-0.25, -0.2) is 4.98 Å². The van der Waals surface area contributed by atoms with E-state index in [0.29, 0.717) is 5.69 Å². The van der Waals surface area contributed by atoms with Crippen LogP contribution in [0.1, 0.15) is 10.6 Å². The van der Waals surface area contributed by atoms with Crippen molar-refractivity contribution in [3.8, 4) is 5.69 Å². The molecule has 1 amide bonds. The van der Waals surface area contributed by atoms with E-state index >= 15 is 0 Å². The summed E-state index contributed by atoms with van der Waals surface area (Å²) in [7, 11) is 0. The number of amides is 1. The molecular formula is C12H11N7O. The number of H-pyrrole nitrogens is 1. The standard InChI is InChI=1S/C12H11N7O/c13-12-16-10(17-18-12)11(20)15-8-3-1-2-4-9(8)19-6-5-14-7-19/h1-7H,(H,15,20)(H3,13,16,17,18). The van der Waals surface area contributed by atoms with E-state index in [2.05, 4.69) is 25.5 Å². The van der Waals surface area contributed by atoms with Gasteiger partial charge in [-0.2, -0.15) is 4.98 Å². The Kier molecular flexibility index (Phi) is 2.88. The number of hydrogen-bond donors (Lipinski definition) is 3. The topological polar surface area (TPSA) is 115 Å². The lowest BCUT2D eigenvalue weighted by Crippen LogP contribution is -2.15. The summed E-state index contributed by atoms with van der Waals surface area (Å²) in [5.41, 5.74) is 6.80. The lowest BCUT2D eigenvalue weighted by molar-refractivity contribution is 0.101. The first kappa shape index (κ1) is 11.9. The summed E-state index contributed by atoms with van der Waals surface area (Å²) in [5.74, 6) is -0.331. The first-order valence-electron chi connectivity index (χ1n) is 5.80. The molecule has 0 fully saturated rings. The molecular weight excluding hydrogens is 258 g/mol. The van der Waals surface area contributed by atoms with Crippen molar-refractivity contribution in [2.75, 3.05) is 11.1 Å². The number of carbonyl (C=O) groups is 1. The molecule has 8 nitrogen and oxygen atoms in total. The molecule has 0 saturated heterocycles. The molecule has 0 spiro atoms. The third kappa shape index (κ3) is 2.21. The largest absolute Gasteiger partial charge is 0.366 e. The number of aromatic amines is 1. The van der Waals surface area contributed by atoms with Gasteiger partial charge in [0.2, 0.25) is 11.8 Å². The summed E-state index contributed by atoms with van der Waals surface area (Å²) in [6.45, 7) is 0. The van der Waals surface area contributed by atoms with Crippen molar-refractivity contribution >= 4 is 17.5 Å². The van der Waals surface area contributed by atoms with Crippen LogP contribution < -0.4 is 11.1 Å². The molecule has 3 rings (SSSR count). The third-order valence-electron chi connectivity index (χ3n) is 2.65. The Hall–Kier alpha value is -3.16. The van der Waals surface area contributed by atoms with E-state index in [1.807, 2.05) is 18.2 Å². The highest BCUT2D eigenvalue weighted by Gasteiger charge is 2.13. The number of anilines is 2. The van der Waals surface area contributed by atoms with E-state index in [1.165, 1.54) is 0 Å². The lowest BCUT2D eigenvalue weighted by Gasteiger charge is -2.10. The zero-order valence-corrected chi connectivity index (χ0v) is 10.3. The van der Waals surface area contributed by atoms with Crippen LogP contribution in [0.25, 0.3) is 5.69 Å². The minimum absolute atomic E-state index is 0.0260.